The smallest absolute Gasteiger partial charge is 0.329 e. The van der Waals surface area contributed by atoms with Crippen molar-refractivity contribution < 1.29 is 4.92 Å². The Kier molecular flexibility index (Phi) is 6.48. The van der Waals surface area contributed by atoms with Gasteiger partial charge < -0.3 is 16.4 Å². The van der Waals surface area contributed by atoms with Gasteiger partial charge in [0.05, 0.1) is 4.92 Å². The fraction of sp³-hybridized carbons (Fsp3) is 0.500. The first-order valence-electron chi connectivity index (χ1n) is 9.25. The fourth-order valence-electron chi connectivity index (χ4n) is 3.22. The summed E-state index contributed by atoms with van der Waals surface area (Å²) in [6.07, 6.45) is 9.61. The third-order valence-corrected chi connectivity index (χ3v) is 4.84. The maximum Gasteiger partial charge on any atom is 0.329 e. The predicted octanol–water partition coefficient (Wildman–Crippen LogP) is 2.36. The minimum atomic E-state index is -0.460. The molecule has 0 radical (unpaired) electrons. The van der Waals surface area contributed by atoms with E-state index in [0.717, 1.165) is 37.7 Å². The second kappa shape index (κ2) is 9.22. The van der Waals surface area contributed by atoms with Gasteiger partial charge in [0.2, 0.25) is 11.8 Å². The zero-order valence-corrected chi connectivity index (χ0v) is 15.2. The van der Waals surface area contributed by atoms with Crippen molar-refractivity contribution in [2.45, 2.75) is 38.1 Å². The normalized spacial score (nSPS) is 19.4. The zero-order chi connectivity index (χ0) is 19.1. The van der Waals surface area contributed by atoms with Crippen molar-refractivity contribution in [3.05, 3.63) is 46.4 Å². The Morgan fingerprint density at radius 2 is 2.04 bits per heavy atom. The van der Waals surface area contributed by atoms with Crippen LogP contribution in [0.3, 0.4) is 0 Å². The van der Waals surface area contributed by atoms with Crippen LogP contribution >= 0.6 is 0 Å². The first-order chi connectivity index (χ1) is 13.1. The van der Waals surface area contributed by atoms with Gasteiger partial charge in [-0.3, -0.25) is 15.1 Å². The topological polar surface area (TPSA) is 132 Å². The van der Waals surface area contributed by atoms with Crippen molar-refractivity contribution in [1.29, 1.82) is 0 Å². The van der Waals surface area contributed by atoms with Crippen LogP contribution in [-0.2, 0) is 6.42 Å². The van der Waals surface area contributed by atoms with Crippen molar-refractivity contribution in [2.24, 2.45) is 11.7 Å². The molecule has 1 aliphatic carbocycles. The van der Waals surface area contributed by atoms with Crippen molar-refractivity contribution >= 4 is 17.5 Å². The highest BCUT2D eigenvalue weighted by Gasteiger charge is 2.21. The SMILES string of the molecule is N[C@H]1CC[C@H](CNc2nc(NCCc3cccnc3)ncc2[N+](=O)[O-])CC1. The lowest BCUT2D eigenvalue weighted by Gasteiger charge is -2.26. The van der Waals surface area contributed by atoms with E-state index >= 15 is 0 Å². The van der Waals surface area contributed by atoms with E-state index < -0.39 is 4.92 Å². The van der Waals surface area contributed by atoms with Crippen molar-refractivity contribution in [3.63, 3.8) is 0 Å². The van der Waals surface area contributed by atoms with Crippen LogP contribution in [0.1, 0.15) is 31.2 Å². The largest absolute Gasteiger partial charge is 0.364 e. The standard InChI is InChI=1S/C18H25N7O2/c19-15-5-3-14(4-6-15)11-22-17-16(25(26)27)12-23-18(24-17)21-9-7-13-2-1-8-20-10-13/h1-2,8,10,12,14-15H,3-7,9,11,19H2,(H2,21,22,23,24)/t14-,15-. The molecule has 2 heterocycles. The minimum Gasteiger partial charge on any atom is -0.364 e. The fourth-order valence-corrected chi connectivity index (χ4v) is 3.22. The number of nitrogens with one attached hydrogen (secondary N) is 2. The van der Waals surface area contributed by atoms with Crippen LogP contribution < -0.4 is 16.4 Å². The summed E-state index contributed by atoms with van der Waals surface area (Å²) < 4.78 is 0. The zero-order valence-electron chi connectivity index (χ0n) is 15.2. The summed E-state index contributed by atoms with van der Waals surface area (Å²) in [6, 6.07) is 4.16. The van der Waals surface area contributed by atoms with Crippen LogP contribution in [0.5, 0.6) is 0 Å². The number of nitro groups is 1. The molecule has 0 unspecified atom stereocenters. The Morgan fingerprint density at radius 1 is 1.22 bits per heavy atom. The Balaban J connectivity index is 1.59. The van der Waals surface area contributed by atoms with E-state index in [1.807, 2.05) is 12.1 Å². The van der Waals surface area contributed by atoms with Gasteiger partial charge in [-0.05, 0) is 49.7 Å². The van der Waals surface area contributed by atoms with Gasteiger partial charge in [0.25, 0.3) is 0 Å². The summed E-state index contributed by atoms with van der Waals surface area (Å²) in [5.41, 5.74) is 6.92. The summed E-state index contributed by atoms with van der Waals surface area (Å²) in [5.74, 6) is 1.09. The van der Waals surface area contributed by atoms with Gasteiger partial charge >= 0.3 is 5.69 Å². The van der Waals surface area contributed by atoms with Gasteiger partial charge in [-0.15, -0.1) is 0 Å². The molecule has 4 N–H and O–H groups in total. The summed E-state index contributed by atoms with van der Waals surface area (Å²) in [4.78, 5) is 23.3. The Labute approximate surface area is 158 Å². The number of nitrogens with two attached hydrogens (primary N) is 1. The van der Waals surface area contributed by atoms with E-state index in [9.17, 15) is 10.1 Å². The Bertz CT molecular complexity index is 749. The molecule has 9 nitrogen and oxygen atoms in total. The molecule has 2 aromatic rings. The molecule has 0 saturated heterocycles. The van der Waals surface area contributed by atoms with Crippen LogP contribution in [0, 0.1) is 16.0 Å². The third kappa shape index (κ3) is 5.58. The maximum atomic E-state index is 11.3. The monoisotopic (exact) mass is 371 g/mol. The molecule has 0 bridgehead atoms. The number of anilines is 2. The van der Waals surface area contributed by atoms with Gasteiger partial charge in [-0.2, -0.15) is 4.98 Å². The number of rotatable bonds is 8. The van der Waals surface area contributed by atoms with E-state index in [4.69, 9.17) is 5.73 Å². The molecule has 1 fully saturated rings. The summed E-state index contributed by atoms with van der Waals surface area (Å²) in [5, 5.41) is 17.5. The van der Waals surface area contributed by atoms with E-state index in [1.165, 1.54) is 6.20 Å². The third-order valence-electron chi connectivity index (χ3n) is 4.84. The molecule has 9 heteroatoms. The van der Waals surface area contributed by atoms with E-state index in [-0.39, 0.29) is 17.5 Å². The Hall–Kier alpha value is -2.81. The van der Waals surface area contributed by atoms with Crippen LogP contribution in [0.15, 0.2) is 30.7 Å². The Morgan fingerprint density at radius 3 is 2.74 bits per heavy atom. The summed E-state index contributed by atoms with van der Waals surface area (Å²) in [7, 11) is 0. The van der Waals surface area contributed by atoms with Crippen LogP contribution in [0.25, 0.3) is 0 Å². The minimum absolute atomic E-state index is 0.111. The number of hydrogen-bond acceptors (Lipinski definition) is 8. The second-order valence-corrected chi connectivity index (χ2v) is 6.88. The first kappa shape index (κ1) is 19.0. The molecule has 1 aliphatic rings. The molecule has 2 aromatic heterocycles. The molecule has 0 aliphatic heterocycles. The van der Waals surface area contributed by atoms with E-state index in [2.05, 4.69) is 25.6 Å². The van der Waals surface area contributed by atoms with Crippen LogP contribution in [0.4, 0.5) is 17.5 Å². The van der Waals surface area contributed by atoms with Crippen molar-refractivity contribution in [1.82, 2.24) is 15.0 Å². The molecule has 3 rings (SSSR count). The van der Waals surface area contributed by atoms with Gasteiger partial charge in [-0.25, -0.2) is 4.98 Å². The quantitative estimate of drug-likeness (QED) is 0.476. The number of pyridine rings is 1. The molecule has 27 heavy (non-hydrogen) atoms. The molecule has 0 aromatic carbocycles. The molecule has 144 valence electrons. The van der Waals surface area contributed by atoms with Crippen molar-refractivity contribution in [2.75, 3.05) is 23.7 Å². The first-order valence-corrected chi connectivity index (χ1v) is 9.25. The highest BCUT2D eigenvalue weighted by molar-refractivity contribution is 5.57. The molecule has 1 saturated carbocycles. The second-order valence-electron chi connectivity index (χ2n) is 6.88. The van der Waals surface area contributed by atoms with Gasteiger partial charge in [-0.1, -0.05) is 6.07 Å². The molecular weight excluding hydrogens is 346 g/mol. The summed E-state index contributed by atoms with van der Waals surface area (Å²) in [6.45, 7) is 1.27. The number of hydrogen-bond donors (Lipinski definition) is 3. The predicted molar refractivity (Wildman–Crippen MR) is 104 cm³/mol. The lowest BCUT2D eigenvalue weighted by molar-refractivity contribution is -0.384. The molecular formula is C18H25N7O2. The van der Waals surface area contributed by atoms with Gasteiger partial charge in [0, 0.05) is 31.5 Å². The van der Waals surface area contributed by atoms with Gasteiger partial charge in [0.15, 0.2) is 0 Å². The average Bonchev–Trinajstić information content (AvgIpc) is 2.68. The highest BCUT2D eigenvalue weighted by atomic mass is 16.6. The molecule has 0 atom stereocenters. The maximum absolute atomic E-state index is 11.3. The summed E-state index contributed by atoms with van der Waals surface area (Å²) >= 11 is 0. The van der Waals surface area contributed by atoms with Crippen LogP contribution in [-0.4, -0.2) is 39.0 Å². The lowest BCUT2D eigenvalue weighted by atomic mass is 9.86. The van der Waals surface area contributed by atoms with E-state index in [1.54, 1.807) is 12.4 Å². The van der Waals surface area contributed by atoms with Crippen molar-refractivity contribution in [3.8, 4) is 0 Å². The number of aromatic nitrogens is 3. The van der Waals surface area contributed by atoms with Crippen LogP contribution in [0.2, 0.25) is 0 Å². The van der Waals surface area contributed by atoms with Gasteiger partial charge in [0.1, 0.15) is 6.20 Å². The van der Waals surface area contributed by atoms with E-state index in [0.29, 0.717) is 25.0 Å². The highest BCUT2D eigenvalue weighted by Crippen LogP contribution is 2.26. The number of nitrogens with zero attached hydrogens (tertiary/aromatic N) is 4. The lowest BCUT2D eigenvalue weighted by Crippen LogP contribution is -2.29. The average molecular weight is 371 g/mol. The molecule has 0 spiro atoms. The molecule has 0 amide bonds.